The number of likely N-dealkylation sites (tertiary alicyclic amines) is 1. The number of rotatable bonds is 5. The quantitative estimate of drug-likeness (QED) is 0.580. The van der Waals surface area contributed by atoms with Crippen molar-refractivity contribution in [2.45, 2.75) is 32.0 Å². The van der Waals surface area contributed by atoms with Gasteiger partial charge in [-0.05, 0) is 25.8 Å². The summed E-state index contributed by atoms with van der Waals surface area (Å²) in [6, 6.07) is 0. The lowest BCUT2D eigenvalue weighted by atomic mass is 10.0. The Balaban J connectivity index is 2.26. The van der Waals surface area contributed by atoms with Gasteiger partial charge in [-0.2, -0.15) is 0 Å². The second-order valence-corrected chi connectivity index (χ2v) is 4.30. The molecule has 3 atom stereocenters. The molecule has 0 aromatic rings. The van der Waals surface area contributed by atoms with Gasteiger partial charge in [-0.3, -0.25) is 4.79 Å². The third-order valence-corrected chi connectivity index (χ3v) is 2.87. The number of β-amino-alcohol motifs (C(OH)–C–C–N with tert-alkyl or cyclic N) is 1. The van der Waals surface area contributed by atoms with Gasteiger partial charge in [-0.15, -0.1) is 0 Å². The van der Waals surface area contributed by atoms with Gasteiger partial charge in [0.25, 0.3) is 0 Å². The first-order valence-electron chi connectivity index (χ1n) is 5.29. The molecule has 0 amide bonds. The predicted octanol–water partition coefficient (Wildman–Crippen LogP) is -0.475. The summed E-state index contributed by atoms with van der Waals surface area (Å²) in [5, 5.41) is 27.3. The zero-order valence-corrected chi connectivity index (χ0v) is 8.96. The maximum Gasteiger partial charge on any atom is 0.306 e. The Hall–Kier alpha value is -0.650. The number of carbonyl (C=O) groups is 1. The number of carboxylic acid groups (broad SMARTS) is 1. The number of nitrogens with zero attached hydrogens (tertiary/aromatic N) is 1. The molecule has 0 radical (unpaired) electrons. The Bertz CT molecular complexity index is 219. The number of carboxylic acids is 1. The van der Waals surface area contributed by atoms with E-state index < -0.39 is 12.1 Å². The van der Waals surface area contributed by atoms with Crippen LogP contribution >= 0.6 is 0 Å². The molecule has 0 aromatic heterocycles. The van der Waals surface area contributed by atoms with Crippen LogP contribution in [0, 0.1) is 5.92 Å². The normalized spacial score (nSPS) is 26.5. The summed E-state index contributed by atoms with van der Waals surface area (Å²) in [6.07, 6.45) is -0.435. The molecule has 1 fully saturated rings. The molecule has 5 nitrogen and oxygen atoms in total. The Morgan fingerprint density at radius 3 is 2.67 bits per heavy atom. The second kappa shape index (κ2) is 5.44. The smallest absolute Gasteiger partial charge is 0.306 e. The second-order valence-electron chi connectivity index (χ2n) is 4.30. The minimum Gasteiger partial charge on any atom is -0.481 e. The number of hydrogen-bond acceptors (Lipinski definition) is 4. The zero-order chi connectivity index (χ0) is 11.4. The van der Waals surface area contributed by atoms with Gasteiger partial charge in [0.15, 0.2) is 0 Å². The van der Waals surface area contributed by atoms with Crippen LogP contribution in [0.2, 0.25) is 0 Å². The molecule has 15 heavy (non-hydrogen) atoms. The van der Waals surface area contributed by atoms with Gasteiger partial charge in [0.05, 0.1) is 18.6 Å². The van der Waals surface area contributed by atoms with E-state index in [9.17, 15) is 15.0 Å². The van der Waals surface area contributed by atoms with E-state index in [0.29, 0.717) is 6.54 Å². The molecule has 0 spiro atoms. The van der Waals surface area contributed by atoms with Crippen LogP contribution in [-0.2, 0) is 4.79 Å². The summed E-state index contributed by atoms with van der Waals surface area (Å²) in [7, 11) is 0. The first kappa shape index (κ1) is 12.4. The van der Waals surface area contributed by atoms with E-state index in [2.05, 4.69) is 0 Å². The van der Waals surface area contributed by atoms with Gasteiger partial charge in [-0.1, -0.05) is 0 Å². The summed E-state index contributed by atoms with van der Waals surface area (Å²) >= 11 is 0. The number of aliphatic hydroxyl groups is 2. The Morgan fingerprint density at radius 1 is 1.53 bits per heavy atom. The standard InChI is InChI=1S/C10H19NO4/c1-7(12)8-2-3-11(5-8)6-9(13)4-10(14)15/h7-9,12-13H,2-6H2,1H3,(H,14,15). The van der Waals surface area contributed by atoms with Crippen LogP contribution in [0.15, 0.2) is 0 Å². The molecule has 1 aliphatic heterocycles. The molecule has 1 aliphatic rings. The van der Waals surface area contributed by atoms with E-state index >= 15 is 0 Å². The first-order valence-corrected chi connectivity index (χ1v) is 5.29. The van der Waals surface area contributed by atoms with Crippen molar-refractivity contribution in [3.8, 4) is 0 Å². The highest BCUT2D eigenvalue weighted by Crippen LogP contribution is 2.19. The van der Waals surface area contributed by atoms with Crippen LogP contribution < -0.4 is 0 Å². The van der Waals surface area contributed by atoms with Crippen LogP contribution in [0.25, 0.3) is 0 Å². The van der Waals surface area contributed by atoms with Crippen molar-refractivity contribution in [3.05, 3.63) is 0 Å². The topological polar surface area (TPSA) is 81.0 Å². The Morgan fingerprint density at radius 2 is 2.20 bits per heavy atom. The van der Waals surface area contributed by atoms with Gasteiger partial charge in [-0.25, -0.2) is 0 Å². The lowest BCUT2D eigenvalue weighted by Crippen LogP contribution is -2.33. The molecule has 1 heterocycles. The van der Waals surface area contributed by atoms with E-state index in [0.717, 1.165) is 19.5 Å². The summed E-state index contributed by atoms with van der Waals surface area (Å²) < 4.78 is 0. The van der Waals surface area contributed by atoms with Crippen LogP contribution in [0.5, 0.6) is 0 Å². The van der Waals surface area contributed by atoms with Gasteiger partial charge < -0.3 is 20.2 Å². The minimum atomic E-state index is -0.978. The largest absolute Gasteiger partial charge is 0.481 e. The molecule has 3 N–H and O–H groups in total. The maximum absolute atomic E-state index is 10.3. The molecule has 5 heteroatoms. The van der Waals surface area contributed by atoms with Gasteiger partial charge in [0.2, 0.25) is 0 Å². The lowest BCUT2D eigenvalue weighted by Gasteiger charge is -2.19. The molecule has 0 aliphatic carbocycles. The van der Waals surface area contributed by atoms with Crippen LogP contribution in [-0.4, -0.2) is 58.0 Å². The fraction of sp³-hybridized carbons (Fsp3) is 0.900. The summed E-state index contributed by atoms with van der Waals surface area (Å²) in [5.74, 6) is -0.726. The third-order valence-electron chi connectivity index (χ3n) is 2.87. The van der Waals surface area contributed by atoms with Crippen molar-refractivity contribution in [1.82, 2.24) is 4.90 Å². The summed E-state index contributed by atoms with van der Waals surface area (Å²) in [4.78, 5) is 12.3. The fourth-order valence-corrected chi connectivity index (χ4v) is 1.99. The number of aliphatic carboxylic acids is 1. The maximum atomic E-state index is 10.3. The summed E-state index contributed by atoms with van der Waals surface area (Å²) in [5.41, 5.74) is 0. The van der Waals surface area contributed by atoms with Crippen molar-refractivity contribution < 1.29 is 20.1 Å². The van der Waals surface area contributed by atoms with Crippen molar-refractivity contribution >= 4 is 5.97 Å². The molecule has 3 unspecified atom stereocenters. The highest BCUT2D eigenvalue weighted by Gasteiger charge is 2.27. The van der Waals surface area contributed by atoms with Gasteiger partial charge in [0.1, 0.15) is 0 Å². The van der Waals surface area contributed by atoms with E-state index in [1.54, 1.807) is 6.92 Å². The molecule has 0 saturated carbocycles. The minimum absolute atomic E-state index is 0.212. The van der Waals surface area contributed by atoms with Crippen LogP contribution in [0.1, 0.15) is 19.8 Å². The van der Waals surface area contributed by atoms with Crippen LogP contribution in [0.3, 0.4) is 0 Å². The van der Waals surface area contributed by atoms with E-state index in [1.165, 1.54) is 0 Å². The van der Waals surface area contributed by atoms with E-state index in [4.69, 9.17) is 5.11 Å². The zero-order valence-electron chi connectivity index (χ0n) is 8.96. The molecule has 0 bridgehead atoms. The van der Waals surface area contributed by atoms with Crippen LogP contribution in [0.4, 0.5) is 0 Å². The predicted molar refractivity (Wildman–Crippen MR) is 54.5 cm³/mol. The average molecular weight is 217 g/mol. The molecule has 88 valence electrons. The number of hydrogen-bond donors (Lipinski definition) is 3. The SMILES string of the molecule is CC(O)C1CCN(CC(O)CC(=O)O)C1. The number of aliphatic hydroxyl groups excluding tert-OH is 2. The van der Waals surface area contributed by atoms with E-state index in [-0.39, 0.29) is 18.4 Å². The average Bonchev–Trinajstić information content (AvgIpc) is 2.50. The Kier molecular flexibility index (Phi) is 4.50. The highest BCUT2D eigenvalue weighted by molar-refractivity contribution is 5.67. The fourth-order valence-electron chi connectivity index (χ4n) is 1.99. The highest BCUT2D eigenvalue weighted by atomic mass is 16.4. The van der Waals surface area contributed by atoms with E-state index in [1.807, 2.05) is 4.90 Å². The first-order chi connectivity index (χ1) is 6.99. The molecule has 0 aromatic carbocycles. The molecule has 1 saturated heterocycles. The molecule has 1 rings (SSSR count). The molecular weight excluding hydrogens is 198 g/mol. The van der Waals surface area contributed by atoms with Crippen molar-refractivity contribution in [3.63, 3.8) is 0 Å². The van der Waals surface area contributed by atoms with Crippen molar-refractivity contribution in [2.75, 3.05) is 19.6 Å². The monoisotopic (exact) mass is 217 g/mol. The van der Waals surface area contributed by atoms with Crippen molar-refractivity contribution in [1.29, 1.82) is 0 Å². The Labute approximate surface area is 89.3 Å². The summed E-state index contributed by atoms with van der Waals surface area (Å²) in [6.45, 7) is 3.72. The van der Waals surface area contributed by atoms with Gasteiger partial charge in [0, 0.05) is 13.1 Å². The van der Waals surface area contributed by atoms with Gasteiger partial charge >= 0.3 is 5.97 Å². The lowest BCUT2D eigenvalue weighted by molar-refractivity contribution is -0.139. The van der Waals surface area contributed by atoms with Crippen molar-refractivity contribution in [2.24, 2.45) is 5.92 Å². The molecular formula is C10H19NO4. The third kappa shape index (κ3) is 4.15.